The number of nitrogens with zero attached hydrogens (tertiary/aromatic N) is 2. The van der Waals surface area contributed by atoms with Gasteiger partial charge < -0.3 is 14.6 Å². The van der Waals surface area contributed by atoms with Crippen LogP contribution < -0.4 is 15.2 Å². The van der Waals surface area contributed by atoms with Gasteiger partial charge in [-0.05, 0) is 54.3 Å². The summed E-state index contributed by atoms with van der Waals surface area (Å²) in [5.41, 5.74) is 3.16. The summed E-state index contributed by atoms with van der Waals surface area (Å²) in [7, 11) is 1.58. The van der Waals surface area contributed by atoms with Gasteiger partial charge in [0.15, 0.2) is 0 Å². The van der Waals surface area contributed by atoms with E-state index in [0.29, 0.717) is 22.4 Å². The van der Waals surface area contributed by atoms with E-state index in [1.165, 1.54) is 0 Å². The Kier molecular flexibility index (Phi) is 5.30. The summed E-state index contributed by atoms with van der Waals surface area (Å²) in [6.07, 6.45) is 3.17. The largest absolute Gasteiger partial charge is 0.497 e. The molecule has 0 aliphatic carbocycles. The zero-order valence-electron chi connectivity index (χ0n) is 16.8. The number of para-hydroxylation sites is 1. The lowest BCUT2D eigenvalue weighted by Crippen LogP contribution is -2.33. The van der Waals surface area contributed by atoms with Gasteiger partial charge in [-0.15, -0.1) is 0 Å². The smallest absolute Gasteiger partial charge is 0.258 e. The molecule has 0 saturated carbocycles. The average molecular weight is 399 g/mol. The standard InChI is InChI=1S/C24H21N3O3/c1-16-5-3-4-6-22(16)27(24(29)17-9-11-25-12-10-17)15-19-13-18-7-8-20(30-2)14-21(18)26-23(19)28/h3-14H,15H2,1-2H3,(H,26,28). The number of anilines is 1. The van der Waals surface area contributed by atoms with Gasteiger partial charge in [0.25, 0.3) is 11.5 Å². The lowest BCUT2D eigenvalue weighted by atomic mass is 10.1. The molecule has 30 heavy (non-hydrogen) atoms. The van der Waals surface area contributed by atoms with E-state index in [1.807, 2.05) is 49.4 Å². The van der Waals surface area contributed by atoms with E-state index in [-0.39, 0.29) is 18.0 Å². The van der Waals surface area contributed by atoms with Crippen LogP contribution >= 0.6 is 0 Å². The maximum atomic E-state index is 13.3. The van der Waals surface area contributed by atoms with E-state index in [0.717, 1.165) is 16.6 Å². The number of pyridine rings is 2. The predicted octanol–water partition coefficient (Wildman–Crippen LogP) is 4.09. The van der Waals surface area contributed by atoms with E-state index in [9.17, 15) is 9.59 Å². The van der Waals surface area contributed by atoms with Crippen molar-refractivity contribution in [3.63, 3.8) is 0 Å². The van der Waals surface area contributed by atoms with Crippen LogP contribution in [-0.2, 0) is 6.54 Å². The normalized spacial score (nSPS) is 10.7. The van der Waals surface area contributed by atoms with Crippen LogP contribution in [0.25, 0.3) is 10.9 Å². The highest BCUT2D eigenvalue weighted by molar-refractivity contribution is 6.06. The monoisotopic (exact) mass is 399 g/mol. The van der Waals surface area contributed by atoms with E-state index >= 15 is 0 Å². The molecular formula is C24H21N3O3. The number of fused-ring (bicyclic) bond motifs is 1. The number of carbonyl (C=O) groups excluding carboxylic acids is 1. The van der Waals surface area contributed by atoms with Crippen LogP contribution in [0, 0.1) is 6.92 Å². The van der Waals surface area contributed by atoms with Crippen LogP contribution in [0.3, 0.4) is 0 Å². The number of amides is 1. The molecule has 1 amide bonds. The number of benzene rings is 2. The molecule has 6 heteroatoms. The van der Waals surface area contributed by atoms with Crippen molar-refractivity contribution in [3.8, 4) is 5.75 Å². The molecule has 0 radical (unpaired) electrons. The minimum atomic E-state index is -0.239. The highest BCUT2D eigenvalue weighted by atomic mass is 16.5. The first-order valence-electron chi connectivity index (χ1n) is 9.54. The molecule has 2 aromatic heterocycles. The van der Waals surface area contributed by atoms with Gasteiger partial charge in [-0.2, -0.15) is 0 Å². The van der Waals surface area contributed by atoms with Crippen LogP contribution in [0.4, 0.5) is 5.69 Å². The van der Waals surface area contributed by atoms with Crippen molar-refractivity contribution in [2.45, 2.75) is 13.5 Å². The van der Waals surface area contributed by atoms with Gasteiger partial charge >= 0.3 is 0 Å². The molecule has 0 bridgehead atoms. The zero-order chi connectivity index (χ0) is 21.1. The predicted molar refractivity (Wildman–Crippen MR) is 117 cm³/mol. The van der Waals surface area contributed by atoms with Crippen LogP contribution in [0.15, 0.2) is 77.9 Å². The van der Waals surface area contributed by atoms with Crippen molar-refractivity contribution in [3.05, 3.63) is 100 Å². The van der Waals surface area contributed by atoms with Gasteiger partial charge in [-0.25, -0.2) is 0 Å². The Balaban J connectivity index is 1.79. The van der Waals surface area contributed by atoms with Crippen molar-refractivity contribution in [1.29, 1.82) is 0 Å². The van der Waals surface area contributed by atoms with E-state index in [4.69, 9.17) is 4.74 Å². The maximum Gasteiger partial charge on any atom is 0.258 e. The van der Waals surface area contributed by atoms with Crippen molar-refractivity contribution in [1.82, 2.24) is 9.97 Å². The number of rotatable bonds is 5. The molecule has 0 saturated heterocycles. The summed E-state index contributed by atoms with van der Waals surface area (Å²) in [6, 6.07) is 18.3. The van der Waals surface area contributed by atoms with Gasteiger partial charge in [0.1, 0.15) is 5.75 Å². The molecule has 4 aromatic rings. The van der Waals surface area contributed by atoms with E-state index < -0.39 is 0 Å². The van der Waals surface area contributed by atoms with Gasteiger partial charge in [0, 0.05) is 35.3 Å². The molecular weight excluding hydrogens is 378 g/mol. The Morgan fingerprint density at radius 2 is 1.83 bits per heavy atom. The van der Waals surface area contributed by atoms with Gasteiger partial charge in [0.05, 0.1) is 19.2 Å². The van der Waals surface area contributed by atoms with Crippen LogP contribution in [0.1, 0.15) is 21.5 Å². The lowest BCUT2D eigenvalue weighted by Gasteiger charge is -2.24. The first kappa shape index (κ1) is 19.4. The molecule has 6 nitrogen and oxygen atoms in total. The Hall–Kier alpha value is -3.93. The highest BCUT2D eigenvalue weighted by Gasteiger charge is 2.21. The second kappa shape index (κ2) is 8.21. The third-order valence-corrected chi connectivity index (χ3v) is 5.04. The molecule has 0 unspecified atom stereocenters. The molecule has 0 fully saturated rings. The number of hydrogen-bond donors (Lipinski definition) is 1. The number of aromatic amines is 1. The van der Waals surface area contributed by atoms with Crippen molar-refractivity contribution >= 4 is 22.5 Å². The number of aromatic nitrogens is 2. The fourth-order valence-corrected chi connectivity index (χ4v) is 3.42. The third-order valence-electron chi connectivity index (χ3n) is 5.04. The molecule has 0 spiro atoms. The quantitative estimate of drug-likeness (QED) is 0.549. The number of hydrogen-bond acceptors (Lipinski definition) is 4. The summed E-state index contributed by atoms with van der Waals surface area (Å²) >= 11 is 0. The fraction of sp³-hybridized carbons (Fsp3) is 0.125. The molecule has 1 N–H and O–H groups in total. The molecule has 0 atom stereocenters. The van der Waals surface area contributed by atoms with E-state index in [2.05, 4.69) is 9.97 Å². The SMILES string of the molecule is COc1ccc2cc(CN(C(=O)c3ccncc3)c3ccccc3C)c(=O)[nH]c2c1. The number of methoxy groups -OCH3 is 1. The fourth-order valence-electron chi connectivity index (χ4n) is 3.42. The molecule has 0 aliphatic rings. The van der Waals surface area contributed by atoms with Gasteiger partial charge in [-0.3, -0.25) is 14.6 Å². The Morgan fingerprint density at radius 3 is 2.57 bits per heavy atom. The first-order chi connectivity index (χ1) is 14.6. The minimum absolute atomic E-state index is 0.142. The highest BCUT2D eigenvalue weighted by Crippen LogP contribution is 2.24. The summed E-state index contributed by atoms with van der Waals surface area (Å²) in [4.78, 5) is 34.6. The third kappa shape index (κ3) is 3.80. The Labute approximate surface area is 173 Å². The van der Waals surface area contributed by atoms with Gasteiger partial charge in [0.2, 0.25) is 0 Å². The Morgan fingerprint density at radius 1 is 1.07 bits per heavy atom. The number of aryl methyl sites for hydroxylation is 1. The molecule has 4 rings (SSSR count). The summed E-state index contributed by atoms with van der Waals surface area (Å²) in [6.45, 7) is 2.09. The number of H-pyrrole nitrogens is 1. The average Bonchev–Trinajstić information content (AvgIpc) is 2.78. The second-order valence-electron chi connectivity index (χ2n) is 6.99. The van der Waals surface area contributed by atoms with Crippen molar-refractivity contribution in [2.24, 2.45) is 0 Å². The molecule has 2 heterocycles. The Bertz CT molecular complexity index is 1270. The van der Waals surface area contributed by atoms with E-state index in [1.54, 1.807) is 42.6 Å². The molecule has 150 valence electrons. The van der Waals surface area contributed by atoms with Crippen LogP contribution in [-0.4, -0.2) is 23.0 Å². The number of carbonyl (C=O) groups is 1. The number of ether oxygens (including phenoxy) is 1. The first-order valence-corrected chi connectivity index (χ1v) is 9.54. The topological polar surface area (TPSA) is 75.3 Å². The maximum absolute atomic E-state index is 13.3. The zero-order valence-corrected chi connectivity index (χ0v) is 16.8. The van der Waals surface area contributed by atoms with Crippen LogP contribution in [0.2, 0.25) is 0 Å². The van der Waals surface area contributed by atoms with Crippen LogP contribution in [0.5, 0.6) is 5.75 Å². The summed E-state index contributed by atoms with van der Waals surface area (Å²) < 4.78 is 5.23. The summed E-state index contributed by atoms with van der Waals surface area (Å²) in [5, 5.41) is 0.867. The number of nitrogens with one attached hydrogen (secondary N) is 1. The molecule has 2 aromatic carbocycles. The van der Waals surface area contributed by atoms with Crippen molar-refractivity contribution < 1.29 is 9.53 Å². The summed E-state index contributed by atoms with van der Waals surface area (Å²) in [5.74, 6) is 0.473. The lowest BCUT2D eigenvalue weighted by molar-refractivity contribution is 0.0985. The van der Waals surface area contributed by atoms with Crippen molar-refractivity contribution in [2.75, 3.05) is 12.0 Å². The minimum Gasteiger partial charge on any atom is -0.497 e. The second-order valence-corrected chi connectivity index (χ2v) is 6.99. The molecule has 0 aliphatic heterocycles. The van der Waals surface area contributed by atoms with Gasteiger partial charge in [-0.1, -0.05) is 18.2 Å².